The third kappa shape index (κ3) is 1.95. The fourth-order valence-electron chi connectivity index (χ4n) is 4.35. The largest absolute Gasteiger partial charge is 0.479 e. The molecule has 0 amide bonds. The molecule has 1 heterocycles. The summed E-state index contributed by atoms with van der Waals surface area (Å²) in [5.74, 6) is -2.47. The molecule has 7 heteroatoms. The highest BCUT2D eigenvalue weighted by molar-refractivity contribution is 5.68. The fourth-order valence-corrected chi connectivity index (χ4v) is 4.35. The fraction of sp³-hybridized carbons (Fsp3) is 0.625. The van der Waals surface area contributed by atoms with Gasteiger partial charge in [-0.05, 0) is 37.7 Å². The molecule has 0 bridgehead atoms. The van der Waals surface area contributed by atoms with Crippen LogP contribution in [0.2, 0.25) is 0 Å². The third-order valence-electron chi connectivity index (χ3n) is 5.72. The molecule has 124 valence electrons. The second kappa shape index (κ2) is 4.55. The Morgan fingerprint density at radius 3 is 2.70 bits per heavy atom. The number of carboxylic acid groups (broad SMARTS) is 1. The van der Waals surface area contributed by atoms with Crippen LogP contribution in [0.15, 0.2) is 18.2 Å². The number of aliphatic carboxylic acids is 1. The Hall–Kier alpha value is -1.92. The molecular weight excluding hydrogens is 306 g/mol. The van der Waals surface area contributed by atoms with Gasteiger partial charge in [0.25, 0.3) is 5.92 Å². The first-order valence-corrected chi connectivity index (χ1v) is 7.84. The van der Waals surface area contributed by atoms with Crippen LogP contribution in [-0.4, -0.2) is 35.1 Å². The van der Waals surface area contributed by atoms with Crippen molar-refractivity contribution in [2.45, 2.75) is 31.6 Å². The number of halogens is 2. The van der Waals surface area contributed by atoms with Crippen LogP contribution < -0.4 is 10.1 Å². The highest BCUT2D eigenvalue weighted by Gasteiger charge is 2.97. The normalized spacial score (nSPS) is 31.5. The van der Waals surface area contributed by atoms with Crippen LogP contribution in [0.25, 0.3) is 0 Å². The van der Waals surface area contributed by atoms with E-state index in [0.717, 1.165) is 0 Å². The molecule has 23 heavy (non-hydrogen) atoms. The van der Waals surface area contributed by atoms with Crippen molar-refractivity contribution in [3.63, 3.8) is 0 Å². The van der Waals surface area contributed by atoms with Gasteiger partial charge >= 0.3 is 5.97 Å². The van der Waals surface area contributed by atoms with E-state index in [2.05, 4.69) is 10.3 Å². The molecule has 0 unspecified atom stereocenters. The number of carbonyl (C=O) groups is 1. The molecular formula is C16H18F2N2O3. The number of hydrogen-bond donors (Lipinski definition) is 2. The molecule has 1 aromatic heterocycles. The minimum atomic E-state index is -2.45. The Kier molecular flexibility index (Phi) is 2.90. The van der Waals surface area contributed by atoms with Crippen molar-refractivity contribution in [1.29, 1.82) is 0 Å². The van der Waals surface area contributed by atoms with Crippen LogP contribution >= 0.6 is 0 Å². The van der Waals surface area contributed by atoms with Crippen LogP contribution in [0, 0.1) is 16.7 Å². The summed E-state index contributed by atoms with van der Waals surface area (Å²) in [4.78, 5) is 14.6. The molecule has 0 aromatic carbocycles. The van der Waals surface area contributed by atoms with Gasteiger partial charge in [0, 0.05) is 23.4 Å². The zero-order valence-corrected chi connectivity index (χ0v) is 12.5. The number of nitrogens with zero attached hydrogens (tertiary/aromatic N) is 1. The minimum absolute atomic E-state index is 0.230. The molecule has 0 aliphatic heterocycles. The van der Waals surface area contributed by atoms with Gasteiger partial charge in [-0.2, -0.15) is 4.98 Å². The summed E-state index contributed by atoms with van der Waals surface area (Å²) in [6, 6.07) is 5.03. The number of anilines is 1. The molecule has 4 rings (SSSR count). The number of carboxylic acids is 1. The Labute approximate surface area is 132 Å². The van der Waals surface area contributed by atoms with Gasteiger partial charge in [-0.15, -0.1) is 0 Å². The van der Waals surface area contributed by atoms with E-state index < -0.39 is 29.3 Å². The number of pyridine rings is 1. The minimum Gasteiger partial charge on any atom is -0.479 e. The van der Waals surface area contributed by atoms with Gasteiger partial charge in [0.15, 0.2) is 6.61 Å². The first-order chi connectivity index (χ1) is 10.9. The van der Waals surface area contributed by atoms with Crippen LogP contribution in [0.3, 0.4) is 0 Å². The number of rotatable bonds is 6. The highest BCUT2D eigenvalue weighted by Crippen LogP contribution is 2.93. The van der Waals surface area contributed by atoms with E-state index in [0.29, 0.717) is 38.0 Å². The van der Waals surface area contributed by atoms with Gasteiger partial charge in [0.05, 0.1) is 0 Å². The first kappa shape index (κ1) is 14.7. The van der Waals surface area contributed by atoms with E-state index in [1.807, 2.05) is 0 Å². The van der Waals surface area contributed by atoms with Gasteiger partial charge < -0.3 is 15.2 Å². The lowest BCUT2D eigenvalue weighted by Gasteiger charge is -2.36. The maximum atomic E-state index is 13.9. The Morgan fingerprint density at radius 1 is 1.35 bits per heavy atom. The lowest BCUT2D eigenvalue weighted by Crippen LogP contribution is -2.35. The first-order valence-electron chi connectivity index (χ1n) is 7.84. The van der Waals surface area contributed by atoms with E-state index in [4.69, 9.17) is 9.84 Å². The number of alkyl halides is 2. The molecule has 5 nitrogen and oxygen atoms in total. The summed E-state index contributed by atoms with van der Waals surface area (Å²) in [7, 11) is 0. The zero-order chi connectivity index (χ0) is 16.3. The van der Waals surface area contributed by atoms with Gasteiger partial charge in [0.2, 0.25) is 5.88 Å². The van der Waals surface area contributed by atoms with Crippen molar-refractivity contribution in [2.24, 2.45) is 16.7 Å². The van der Waals surface area contributed by atoms with Gasteiger partial charge in [-0.3, -0.25) is 0 Å². The number of nitrogens with one attached hydrogen (secondary N) is 1. The predicted octanol–water partition coefficient (Wildman–Crippen LogP) is 2.78. The second-order valence-electron chi connectivity index (χ2n) is 6.94. The van der Waals surface area contributed by atoms with Crippen LogP contribution in [-0.2, 0) is 4.79 Å². The van der Waals surface area contributed by atoms with Crippen LogP contribution in [0.1, 0.15) is 25.7 Å². The SMILES string of the molecule is O=C(O)COc1cccc(NCC2CC3(C2)C(F)(F)C32CC2)n1. The monoisotopic (exact) mass is 324 g/mol. The molecule has 2 spiro atoms. The lowest BCUT2D eigenvalue weighted by molar-refractivity contribution is -0.139. The van der Waals surface area contributed by atoms with Gasteiger partial charge in [-0.1, -0.05) is 6.07 Å². The molecule has 2 N–H and O–H groups in total. The van der Waals surface area contributed by atoms with E-state index in [9.17, 15) is 13.6 Å². The topological polar surface area (TPSA) is 71.5 Å². The van der Waals surface area contributed by atoms with Crippen molar-refractivity contribution >= 4 is 11.8 Å². The molecule has 1 aromatic rings. The molecule has 0 radical (unpaired) electrons. The number of ether oxygens (including phenoxy) is 1. The zero-order valence-electron chi connectivity index (χ0n) is 12.5. The smallest absolute Gasteiger partial charge is 0.341 e. The quantitative estimate of drug-likeness (QED) is 0.842. The van der Waals surface area contributed by atoms with Gasteiger partial charge in [-0.25, -0.2) is 13.6 Å². The van der Waals surface area contributed by atoms with Crippen molar-refractivity contribution in [3.05, 3.63) is 18.2 Å². The Morgan fingerprint density at radius 2 is 2.09 bits per heavy atom. The summed E-state index contributed by atoms with van der Waals surface area (Å²) in [5.41, 5.74) is -1.34. The van der Waals surface area contributed by atoms with E-state index in [-0.39, 0.29) is 11.8 Å². The summed E-state index contributed by atoms with van der Waals surface area (Å²) in [5, 5.41) is 11.7. The van der Waals surface area contributed by atoms with Crippen LogP contribution in [0.4, 0.5) is 14.6 Å². The number of fused-ring (bicyclic) bond motifs is 1. The molecule has 3 fully saturated rings. The standard InChI is InChI=1S/C16H18F2N2O3/c17-16(18)14(4-5-14)15(16)6-10(7-15)8-19-11-2-1-3-12(20-11)23-9-13(21)22/h1-3,10H,4-9H2,(H,19,20)(H,21,22). The average Bonchev–Trinajstić information content (AvgIpc) is 3.32. The average molecular weight is 324 g/mol. The maximum Gasteiger partial charge on any atom is 0.341 e. The maximum absolute atomic E-state index is 13.9. The van der Waals surface area contributed by atoms with Crippen molar-refractivity contribution in [2.75, 3.05) is 18.5 Å². The molecule has 3 aliphatic rings. The van der Waals surface area contributed by atoms with Gasteiger partial charge in [0.1, 0.15) is 5.82 Å². The van der Waals surface area contributed by atoms with Crippen molar-refractivity contribution in [1.82, 2.24) is 4.98 Å². The molecule has 0 atom stereocenters. The van der Waals surface area contributed by atoms with Crippen LogP contribution in [0.5, 0.6) is 5.88 Å². The predicted molar refractivity (Wildman–Crippen MR) is 77.6 cm³/mol. The van der Waals surface area contributed by atoms with Crippen molar-refractivity contribution in [3.8, 4) is 5.88 Å². The number of aromatic nitrogens is 1. The van der Waals surface area contributed by atoms with Crippen molar-refractivity contribution < 1.29 is 23.4 Å². The second-order valence-corrected chi connectivity index (χ2v) is 6.94. The summed E-state index contributed by atoms with van der Waals surface area (Å²) in [6.07, 6.45) is 2.54. The lowest BCUT2D eigenvalue weighted by atomic mass is 9.69. The summed E-state index contributed by atoms with van der Waals surface area (Å²) in [6.45, 7) is 0.155. The Bertz CT molecular complexity index is 648. The van der Waals surface area contributed by atoms with E-state index in [1.165, 1.54) is 0 Å². The molecule has 3 aliphatic carbocycles. The number of hydrogen-bond acceptors (Lipinski definition) is 4. The highest BCUT2D eigenvalue weighted by atomic mass is 19.3. The Balaban J connectivity index is 1.28. The molecule has 0 saturated heterocycles. The van der Waals surface area contributed by atoms with E-state index in [1.54, 1.807) is 18.2 Å². The summed E-state index contributed by atoms with van der Waals surface area (Å²) >= 11 is 0. The van der Waals surface area contributed by atoms with E-state index >= 15 is 0 Å². The third-order valence-corrected chi connectivity index (χ3v) is 5.72. The molecule has 3 saturated carbocycles. The summed E-state index contributed by atoms with van der Waals surface area (Å²) < 4.78 is 32.8.